The van der Waals surface area contributed by atoms with E-state index in [1.54, 1.807) is 37.4 Å². The fourth-order valence-electron chi connectivity index (χ4n) is 1.93. The Morgan fingerprint density at radius 1 is 1.10 bits per heavy atom. The summed E-state index contributed by atoms with van der Waals surface area (Å²) >= 11 is 0. The maximum absolute atomic E-state index is 12.3. The van der Waals surface area contributed by atoms with Crippen LogP contribution in [0.3, 0.4) is 0 Å². The molecule has 110 valence electrons. The summed E-state index contributed by atoms with van der Waals surface area (Å²) in [5.74, 6) is 0.651. The number of hydrogen-bond donors (Lipinski definition) is 2. The van der Waals surface area contributed by atoms with Gasteiger partial charge in [-0.05, 0) is 36.8 Å². The normalized spacial score (nSPS) is 10.0. The van der Waals surface area contributed by atoms with Crippen molar-refractivity contribution in [3.63, 3.8) is 0 Å². The molecule has 2 aromatic rings. The maximum atomic E-state index is 12.3. The van der Waals surface area contributed by atoms with Gasteiger partial charge in [0.05, 0.1) is 25.5 Å². The summed E-state index contributed by atoms with van der Waals surface area (Å²) in [5.41, 5.74) is 1.65. The Labute approximate surface area is 123 Å². The van der Waals surface area contributed by atoms with Gasteiger partial charge < -0.3 is 19.9 Å². The third-order valence-corrected chi connectivity index (χ3v) is 3.05. The molecule has 5 nitrogen and oxygen atoms in total. The SMILES string of the molecule is COc1ccc(C(=O)Nc2cc(C)ccc2O)c(OC)c1. The predicted octanol–water partition coefficient (Wildman–Crippen LogP) is 2.97. The number of phenolic OH excluding ortho intramolecular Hbond substituents is 1. The van der Waals surface area contributed by atoms with Crippen molar-refractivity contribution < 1.29 is 19.4 Å². The summed E-state index contributed by atoms with van der Waals surface area (Å²) in [6.07, 6.45) is 0. The molecule has 0 aromatic heterocycles. The van der Waals surface area contributed by atoms with Crippen LogP contribution in [0.5, 0.6) is 17.2 Å². The first-order chi connectivity index (χ1) is 10.0. The average molecular weight is 287 g/mol. The summed E-state index contributed by atoms with van der Waals surface area (Å²) in [6, 6.07) is 9.91. The quantitative estimate of drug-likeness (QED) is 0.848. The molecule has 0 aliphatic carbocycles. The Morgan fingerprint density at radius 3 is 2.52 bits per heavy atom. The Bertz CT molecular complexity index is 667. The lowest BCUT2D eigenvalue weighted by Gasteiger charge is -2.12. The minimum absolute atomic E-state index is 0.0152. The van der Waals surface area contributed by atoms with Crippen LogP contribution in [0.4, 0.5) is 5.69 Å². The van der Waals surface area contributed by atoms with Crippen molar-refractivity contribution in [2.24, 2.45) is 0 Å². The Morgan fingerprint density at radius 2 is 1.86 bits per heavy atom. The molecule has 0 unspecified atom stereocenters. The third kappa shape index (κ3) is 3.25. The zero-order valence-electron chi connectivity index (χ0n) is 12.1. The van der Waals surface area contributed by atoms with Crippen LogP contribution >= 0.6 is 0 Å². The van der Waals surface area contributed by atoms with Crippen molar-refractivity contribution in [1.29, 1.82) is 0 Å². The number of anilines is 1. The molecule has 0 saturated heterocycles. The van der Waals surface area contributed by atoms with E-state index in [1.165, 1.54) is 13.2 Å². The van der Waals surface area contributed by atoms with E-state index in [0.29, 0.717) is 22.7 Å². The lowest BCUT2D eigenvalue weighted by molar-refractivity contribution is 0.102. The summed E-state index contributed by atoms with van der Waals surface area (Å²) in [4.78, 5) is 12.3. The van der Waals surface area contributed by atoms with Gasteiger partial charge in [0.1, 0.15) is 17.2 Å². The highest BCUT2D eigenvalue weighted by Crippen LogP contribution is 2.28. The Hall–Kier alpha value is -2.69. The Balaban J connectivity index is 2.30. The van der Waals surface area contributed by atoms with E-state index < -0.39 is 0 Å². The molecule has 2 rings (SSSR count). The van der Waals surface area contributed by atoms with E-state index in [2.05, 4.69) is 5.32 Å². The van der Waals surface area contributed by atoms with Gasteiger partial charge in [-0.1, -0.05) is 6.07 Å². The minimum Gasteiger partial charge on any atom is -0.506 e. The first-order valence-electron chi connectivity index (χ1n) is 6.38. The second kappa shape index (κ2) is 6.17. The van der Waals surface area contributed by atoms with E-state index in [-0.39, 0.29) is 11.7 Å². The van der Waals surface area contributed by atoms with Crippen LogP contribution in [0.25, 0.3) is 0 Å². The molecule has 21 heavy (non-hydrogen) atoms. The van der Waals surface area contributed by atoms with Gasteiger partial charge in [-0.2, -0.15) is 0 Å². The lowest BCUT2D eigenvalue weighted by atomic mass is 10.1. The number of aryl methyl sites for hydroxylation is 1. The summed E-state index contributed by atoms with van der Waals surface area (Å²) < 4.78 is 10.3. The average Bonchev–Trinajstić information content (AvgIpc) is 2.50. The molecule has 0 atom stereocenters. The number of amides is 1. The van der Waals surface area contributed by atoms with E-state index in [9.17, 15) is 9.90 Å². The molecule has 0 heterocycles. The fraction of sp³-hybridized carbons (Fsp3) is 0.188. The summed E-state index contributed by atoms with van der Waals surface area (Å²) in [7, 11) is 3.02. The lowest BCUT2D eigenvalue weighted by Crippen LogP contribution is -2.13. The number of methoxy groups -OCH3 is 2. The molecular weight excluding hydrogens is 270 g/mol. The van der Waals surface area contributed by atoms with E-state index in [4.69, 9.17) is 9.47 Å². The predicted molar refractivity (Wildman–Crippen MR) is 80.3 cm³/mol. The highest BCUT2D eigenvalue weighted by Gasteiger charge is 2.15. The zero-order chi connectivity index (χ0) is 15.4. The highest BCUT2D eigenvalue weighted by molar-refractivity contribution is 6.07. The first kappa shape index (κ1) is 14.7. The van der Waals surface area contributed by atoms with Gasteiger partial charge >= 0.3 is 0 Å². The largest absolute Gasteiger partial charge is 0.506 e. The third-order valence-electron chi connectivity index (χ3n) is 3.05. The van der Waals surface area contributed by atoms with Gasteiger partial charge in [-0.15, -0.1) is 0 Å². The molecule has 0 aliphatic heterocycles. The van der Waals surface area contributed by atoms with Crippen molar-refractivity contribution in [3.05, 3.63) is 47.5 Å². The monoisotopic (exact) mass is 287 g/mol. The second-order valence-electron chi connectivity index (χ2n) is 4.54. The van der Waals surface area contributed by atoms with Crippen LogP contribution in [0, 0.1) is 6.92 Å². The molecular formula is C16H17NO4. The number of aromatic hydroxyl groups is 1. The van der Waals surface area contributed by atoms with Crippen LogP contribution in [0.2, 0.25) is 0 Å². The number of carbonyl (C=O) groups excluding carboxylic acids is 1. The molecule has 0 saturated carbocycles. The smallest absolute Gasteiger partial charge is 0.259 e. The van der Waals surface area contributed by atoms with Crippen LogP contribution < -0.4 is 14.8 Å². The minimum atomic E-state index is -0.365. The number of phenols is 1. The van der Waals surface area contributed by atoms with Crippen LogP contribution in [0.1, 0.15) is 15.9 Å². The van der Waals surface area contributed by atoms with Crippen molar-refractivity contribution >= 4 is 11.6 Å². The van der Waals surface area contributed by atoms with Gasteiger partial charge in [-0.3, -0.25) is 4.79 Å². The van der Waals surface area contributed by atoms with E-state index in [1.807, 2.05) is 6.92 Å². The first-order valence-corrected chi connectivity index (χ1v) is 6.38. The van der Waals surface area contributed by atoms with Gasteiger partial charge in [0, 0.05) is 6.07 Å². The van der Waals surface area contributed by atoms with Crippen molar-refractivity contribution in [2.75, 3.05) is 19.5 Å². The number of carbonyl (C=O) groups is 1. The van der Waals surface area contributed by atoms with Gasteiger partial charge in [0.25, 0.3) is 5.91 Å². The fourth-order valence-corrected chi connectivity index (χ4v) is 1.93. The molecule has 2 aromatic carbocycles. The number of rotatable bonds is 4. The van der Waals surface area contributed by atoms with Crippen molar-refractivity contribution in [1.82, 2.24) is 0 Å². The molecule has 1 amide bonds. The molecule has 5 heteroatoms. The molecule has 0 spiro atoms. The van der Waals surface area contributed by atoms with Gasteiger partial charge in [0.2, 0.25) is 0 Å². The van der Waals surface area contributed by atoms with Gasteiger partial charge in [0.15, 0.2) is 0 Å². The standard InChI is InChI=1S/C16H17NO4/c1-10-4-7-14(18)13(8-10)17-16(19)12-6-5-11(20-2)9-15(12)21-3/h4-9,18H,1-3H3,(H,17,19). The van der Waals surface area contributed by atoms with E-state index >= 15 is 0 Å². The topological polar surface area (TPSA) is 67.8 Å². The maximum Gasteiger partial charge on any atom is 0.259 e. The number of benzene rings is 2. The van der Waals surface area contributed by atoms with Crippen LogP contribution in [0.15, 0.2) is 36.4 Å². The number of ether oxygens (including phenoxy) is 2. The van der Waals surface area contributed by atoms with Crippen LogP contribution in [-0.2, 0) is 0 Å². The zero-order valence-corrected chi connectivity index (χ0v) is 12.1. The molecule has 2 N–H and O–H groups in total. The van der Waals surface area contributed by atoms with E-state index in [0.717, 1.165) is 5.56 Å². The molecule has 0 aliphatic rings. The summed E-state index contributed by atoms with van der Waals surface area (Å²) in [5, 5.41) is 12.4. The second-order valence-corrected chi connectivity index (χ2v) is 4.54. The van der Waals surface area contributed by atoms with Crippen molar-refractivity contribution in [3.8, 4) is 17.2 Å². The van der Waals surface area contributed by atoms with Crippen LogP contribution in [-0.4, -0.2) is 25.2 Å². The van der Waals surface area contributed by atoms with Gasteiger partial charge in [-0.25, -0.2) is 0 Å². The van der Waals surface area contributed by atoms with Crippen molar-refractivity contribution in [2.45, 2.75) is 6.92 Å². The number of hydrogen-bond acceptors (Lipinski definition) is 4. The molecule has 0 bridgehead atoms. The molecule has 0 fully saturated rings. The molecule has 0 radical (unpaired) electrons. The summed E-state index contributed by atoms with van der Waals surface area (Å²) in [6.45, 7) is 1.88. The highest BCUT2D eigenvalue weighted by atomic mass is 16.5. The number of nitrogens with one attached hydrogen (secondary N) is 1. The Kier molecular flexibility index (Phi) is 4.33.